The minimum absolute atomic E-state index is 0.0334. The van der Waals surface area contributed by atoms with Crippen molar-refractivity contribution in [3.05, 3.63) is 22.8 Å². The Morgan fingerprint density at radius 2 is 2.00 bits per heavy atom. The Kier molecular flexibility index (Phi) is 5.90. The van der Waals surface area contributed by atoms with Crippen LogP contribution in [0.1, 0.15) is 79.1 Å². The van der Waals surface area contributed by atoms with E-state index in [1.165, 1.54) is 31.3 Å². The smallest absolute Gasteiger partial charge is 0.155 e. The average molecular weight is 468 g/mol. The fraction of sp³-hybridized carbons (Fsp3) is 0.833. The number of likely N-dealkylation sites (tertiary alicyclic amines) is 1. The van der Waals surface area contributed by atoms with Crippen molar-refractivity contribution < 1.29 is 14.6 Å². The molecular formula is C30H45NO3. The van der Waals surface area contributed by atoms with E-state index in [9.17, 15) is 9.90 Å². The number of ketones is 1. The first-order valence-corrected chi connectivity index (χ1v) is 14.3. The third-order valence-corrected chi connectivity index (χ3v) is 11.2. The largest absolute Gasteiger partial charge is 0.395 e. The van der Waals surface area contributed by atoms with Gasteiger partial charge in [-0.3, -0.25) is 9.69 Å². The summed E-state index contributed by atoms with van der Waals surface area (Å²) >= 11 is 0. The van der Waals surface area contributed by atoms with E-state index in [0.29, 0.717) is 41.6 Å². The number of piperidine rings is 1. The Bertz CT molecular complexity index is 907. The van der Waals surface area contributed by atoms with Crippen molar-refractivity contribution in [1.29, 1.82) is 0 Å². The van der Waals surface area contributed by atoms with Gasteiger partial charge in [0.05, 0.1) is 18.3 Å². The summed E-state index contributed by atoms with van der Waals surface area (Å²) in [7, 11) is 0. The number of aliphatic hydroxyl groups is 1. The minimum atomic E-state index is -0.0334. The van der Waals surface area contributed by atoms with Gasteiger partial charge in [0.2, 0.25) is 0 Å². The minimum Gasteiger partial charge on any atom is -0.395 e. The van der Waals surface area contributed by atoms with Crippen LogP contribution in [0, 0.1) is 41.4 Å². The molecule has 6 rings (SSSR count). The molecule has 2 saturated carbocycles. The molecule has 1 spiro atoms. The summed E-state index contributed by atoms with van der Waals surface area (Å²) in [4.78, 5) is 14.8. The highest BCUT2D eigenvalue weighted by Crippen LogP contribution is 2.61. The maximum Gasteiger partial charge on any atom is 0.155 e. The molecule has 0 radical (unpaired) electrons. The first-order valence-electron chi connectivity index (χ1n) is 14.3. The van der Waals surface area contributed by atoms with Gasteiger partial charge in [-0.2, -0.15) is 0 Å². The average Bonchev–Trinajstić information content (AvgIpc) is 3.22. The van der Waals surface area contributed by atoms with E-state index >= 15 is 0 Å². The Balaban J connectivity index is 1.28. The van der Waals surface area contributed by atoms with Crippen molar-refractivity contribution in [2.45, 2.75) is 96.8 Å². The fourth-order valence-electron chi connectivity index (χ4n) is 9.99. The zero-order valence-electron chi connectivity index (χ0n) is 21.8. The molecule has 4 nitrogen and oxygen atoms in total. The summed E-state index contributed by atoms with van der Waals surface area (Å²) in [6.45, 7) is 11.7. The van der Waals surface area contributed by atoms with Gasteiger partial charge >= 0.3 is 0 Å². The van der Waals surface area contributed by atoms with Crippen molar-refractivity contribution in [3.63, 3.8) is 0 Å². The van der Waals surface area contributed by atoms with Gasteiger partial charge in [-0.25, -0.2) is 0 Å². The molecule has 0 aromatic carbocycles. The molecule has 4 heteroatoms. The predicted octanol–water partition coefficient (Wildman–Crippen LogP) is 5.16. The van der Waals surface area contributed by atoms with Crippen LogP contribution in [0.2, 0.25) is 0 Å². The topological polar surface area (TPSA) is 49.8 Å². The lowest BCUT2D eigenvalue weighted by molar-refractivity contribution is -0.116. The second kappa shape index (κ2) is 8.56. The number of allylic oxidation sites excluding steroid dienone is 3. The molecule has 2 heterocycles. The molecule has 0 aromatic rings. The second-order valence-electron chi connectivity index (χ2n) is 13.2. The van der Waals surface area contributed by atoms with Crippen LogP contribution in [0.15, 0.2) is 22.8 Å². The Morgan fingerprint density at radius 1 is 1.18 bits per heavy atom. The van der Waals surface area contributed by atoms with E-state index in [4.69, 9.17) is 4.74 Å². The summed E-state index contributed by atoms with van der Waals surface area (Å²) in [6.07, 6.45) is 11.5. The summed E-state index contributed by atoms with van der Waals surface area (Å²) in [6, 6.07) is 0.454. The summed E-state index contributed by atoms with van der Waals surface area (Å²) in [5, 5.41) is 9.72. The number of carbonyl (C=O) groups excluding carboxylic acids is 1. The molecule has 1 unspecified atom stereocenters. The van der Waals surface area contributed by atoms with E-state index in [-0.39, 0.29) is 12.2 Å². The van der Waals surface area contributed by atoms with Gasteiger partial charge in [0.1, 0.15) is 0 Å². The third-order valence-electron chi connectivity index (χ3n) is 11.2. The lowest BCUT2D eigenvalue weighted by Gasteiger charge is -2.43. The van der Waals surface area contributed by atoms with Crippen molar-refractivity contribution in [1.82, 2.24) is 4.90 Å². The zero-order chi connectivity index (χ0) is 23.8. The molecule has 4 fully saturated rings. The summed E-state index contributed by atoms with van der Waals surface area (Å²) in [5.41, 5.74) is 4.83. The highest BCUT2D eigenvalue weighted by molar-refractivity contribution is 5.91. The first kappa shape index (κ1) is 23.4. The monoisotopic (exact) mass is 467 g/mol. The number of hydrogen-bond acceptors (Lipinski definition) is 4. The van der Waals surface area contributed by atoms with Crippen molar-refractivity contribution in [2.24, 2.45) is 41.4 Å². The first-order chi connectivity index (χ1) is 16.3. The summed E-state index contributed by atoms with van der Waals surface area (Å²) in [5.74, 6) is 4.91. The van der Waals surface area contributed by atoms with Crippen molar-refractivity contribution >= 4 is 5.78 Å². The highest BCUT2D eigenvalue weighted by Gasteiger charge is 2.58. The highest BCUT2D eigenvalue weighted by atomic mass is 16.5. The summed E-state index contributed by atoms with van der Waals surface area (Å²) < 4.78 is 7.12. The molecule has 6 aliphatic rings. The molecule has 2 saturated heterocycles. The molecule has 2 aliphatic heterocycles. The molecule has 188 valence electrons. The molecule has 4 aliphatic carbocycles. The van der Waals surface area contributed by atoms with E-state index < -0.39 is 0 Å². The van der Waals surface area contributed by atoms with Crippen LogP contribution in [0.4, 0.5) is 0 Å². The number of hydrogen-bond donors (Lipinski definition) is 1. The van der Waals surface area contributed by atoms with Gasteiger partial charge < -0.3 is 9.84 Å². The SMILES string of the molecule is CC1=C2C[C@@H]3C4C(=CC(=O)C[C@H]4C)CC[C@H]3[C@@H]2CC[C@@]2(C1)O[C@@H]1C[C@H](C)CN(CCO)[C@H]1[C@H]2C. The van der Waals surface area contributed by atoms with E-state index in [2.05, 4.69) is 32.6 Å². The van der Waals surface area contributed by atoms with Gasteiger partial charge in [-0.15, -0.1) is 0 Å². The Labute approximate surface area is 206 Å². The predicted molar refractivity (Wildman–Crippen MR) is 134 cm³/mol. The maximum atomic E-state index is 12.2. The molecule has 1 N–H and O–H groups in total. The van der Waals surface area contributed by atoms with Crippen LogP contribution >= 0.6 is 0 Å². The van der Waals surface area contributed by atoms with Gasteiger partial charge in [0, 0.05) is 31.5 Å². The van der Waals surface area contributed by atoms with Crippen LogP contribution in [0.25, 0.3) is 0 Å². The van der Waals surface area contributed by atoms with Crippen LogP contribution in [0.5, 0.6) is 0 Å². The number of rotatable bonds is 2. The van der Waals surface area contributed by atoms with Gasteiger partial charge in [0.15, 0.2) is 5.78 Å². The lowest BCUT2D eigenvalue weighted by atomic mass is 9.61. The van der Waals surface area contributed by atoms with Crippen LogP contribution in [-0.4, -0.2) is 53.2 Å². The molecule has 0 aromatic heterocycles. The number of nitrogens with zero attached hydrogens (tertiary/aromatic N) is 1. The number of ether oxygens (including phenoxy) is 1. The Morgan fingerprint density at radius 3 is 2.79 bits per heavy atom. The maximum absolute atomic E-state index is 12.2. The lowest BCUT2D eigenvalue weighted by Crippen LogP contribution is -2.52. The normalized spacial score (nSPS) is 48.8. The standard InChI is InChI=1S/C30H45NO3/c1-17-11-27-29(31(16-17)9-10-32)20(4)30(34-27)8-7-24-23-6-5-21-13-22(33)12-18(2)28(21)26(23)14-25(24)19(3)15-30/h13,17-18,20,23-24,26-29,32H,5-12,14-16H2,1-4H3/t17-,18+,20+,23-,24-,26-,27+,28?,29-,30-/m0/s1. The Hall–Kier alpha value is -0.970. The van der Waals surface area contributed by atoms with Gasteiger partial charge in [-0.1, -0.05) is 37.5 Å². The van der Waals surface area contributed by atoms with Gasteiger partial charge in [0.25, 0.3) is 0 Å². The number of aliphatic hydroxyl groups excluding tert-OH is 1. The fourth-order valence-corrected chi connectivity index (χ4v) is 9.99. The van der Waals surface area contributed by atoms with Crippen LogP contribution in [0.3, 0.4) is 0 Å². The van der Waals surface area contributed by atoms with Crippen LogP contribution < -0.4 is 0 Å². The number of carbonyl (C=O) groups is 1. The van der Waals surface area contributed by atoms with Crippen LogP contribution in [-0.2, 0) is 9.53 Å². The molecular weight excluding hydrogens is 422 g/mol. The molecule has 34 heavy (non-hydrogen) atoms. The van der Waals surface area contributed by atoms with Gasteiger partial charge in [-0.05, 0) is 93.5 Å². The molecule has 0 bridgehead atoms. The van der Waals surface area contributed by atoms with Crippen molar-refractivity contribution in [3.8, 4) is 0 Å². The van der Waals surface area contributed by atoms with E-state index in [1.54, 1.807) is 11.1 Å². The van der Waals surface area contributed by atoms with Crippen molar-refractivity contribution in [2.75, 3.05) is 19.7 Å². The molecule has 10 atom stereocenters. The second-order valence-corrected chi connectivity index (χ2v) is 13.2. The number of β-amino-alcohol motifs (C(OH)–C–C–N with tert-alkyl or cyclic N) is 1. The quantitative estimate of drug-likeness (QED) is 0.570. The number of fused-ring (bicyclic) bond motifs is 6. The zero-order valence-corrected chi connectivity index (χ0v) is 21.8. The van der Waals surface area contributed by atoms with E-state index in [0.717, 1.165) is 56.5 Å². The molecule has 0 amide bonds. The van der Waals surface area contributed by atoms with E-state index in [1.807, 2.05) is 6.08 Å². The third kappa shape index (κ3) is 3.53.